The number of aliphatic hydroxyl groups is 1. The van der Waals surface area contributed by atoms with Gasteiger partial charge in [0.05, 0.1) is 12.6 Å². The molecule has 1 aromatic carbocycles. The van der Waals surface area contributed by atoms with Crippen LogP contribution < -0.4 is 4.90 Å². The summed E-state index contributed by atoms with van der Waals surface area (Å²) in [5.41, 5.74) is 2.07. The second kappa shape index (κ2) is 5.34. The van der Waals surface area contributed by atoms with Gasteiger partial charge in [0, 0.05) is 23.2 Å². The monoisotopic (exact) mass is 247 g/mol. The Labute approximate surface area is 106 Å². The van der Waals surface area contributed by atoms with Gasteiger partial charge in [0.2, 0.25) is 0 Å². The summed E-state index contributed by atoms with van der Waals surface area (Å²) in [5.74, 6) is 0. The van der Waals surface area contributed by atoms with Crippen molar-refractivity contribution in [2.75, 3.05) is 11.9 Å². The van der Waals surface area contributed by atoms with E-state index in [1.807, 2.05) is 18.2 Å². The van der Waals surface area contributed by atoms with Crippen LogP contribution >= 0.6 is 11.3 Å². The van der Waals surface area contributed by atoms with E-state index in [1.54, 1.807) is 18.3 Å². The standard InChI is InChI=1S/C14H17NOS/c1-11(16)13-7-3-4-8-14(13)15(2)10-12-6-5-9-17-12/h3-9,11,16H,10H2,1-2H3/t11-/m1/s1. The molecule has 0 aliphatic carbocycles. The highest BCUT2D eigenvalue weighted by molar-refractivity contribution is 7.09. The van der Waals surface area contributed by atoms with Crippen molar-refractivity contribution in [2.24, 2.45) is 0 Å². The number of thiophene rings is 1. The van der Waals surface area contributed by atoms with Gasteiger partial charge in [0.1, 0.15) is 0 Å². The third-order valence-corrected chi connectivity index (χ3v) is 3.63. The SMILES string of the molecule is C[C@@H](O)c1ccccc1N(C)Cc1cccs1. The van der Waals surface area contributed by atoms with E-state index in [0.29, 0.717) is 0 Å². The largest absolute Gasteiger partial charge is 0.389 e. The summed E-state index contributed by atoms with van der Waals surface area (Å²) in [6.45, 7) is 2.68. The van der Waals surface area contributed by atoms with Crippen LogP contribution in [0.4, 0.5) is 5.69 Å². The molecular formula is C14H17NOS. The molecule has 0 aliphatic heterocycles. The van der Waals surface area contributed by atoms with Crippen molar-refractivity contribution < 1.29 is 5.11 Å². The van der Waals surface area contributed by atoms with Gasteiger partial charge in [-0.3, -0.25) is 0 Å². The maximum absolute atomic E-state index is 9.76. The summed E-state index contributed by atoms with van der Waals surface area (Å²) in [5, 5.41) is 11.8. The zero-order valence-electron chi connectivity index (χ0n) is 10.1. The van der Waals surface area contributed by atoms with E-state index >= 15 is 0 Å². The molecule has 1 heterocycles. The number of rotatable bonds is 4. The van der Waals surface area contributed by atoms with Crippen molar-refractivity contribution in [1.29, 1.82) is 0 Å². The zero-order chi connectivity index (χ0) is 12.3. The molecule has 0 unspecified atom stereocenters. The number of benzene rings is 1. The van der Waals surface area contributed by atoms with Gasteiger partial charge in [0.25, 0.3) is 0 Å². The van der Waals surface area contributed by atoms with Crippen molar-refractivity contribution in [3.63, 3.8) is 0 Å². The first-order valence-electron chi connectivity index (χ1n) is 5.69. The lowest BCUT2D eigenvalue weighted by Gasteiger charge is -2.23. The van der Waals surface area contributed by atoms with Crippen LogP contribution in [0, 0.1) is 0 Å². The van der Waals surface area contributed by atoms with Gasteiger partial charge in [-0.15, -0.1) is 11.3 Å². The summed E-state index contributed by atoms with van der Waals surface area (Å²) in [4.78, 5) is 3.50. The molecule has 0 spiro atoms. The summed E-state index contributed by atoms with van der Waals surface area (Å²) in [6, 6.07) is 12.2. The lowest BCUT2D eigenvalue weighted by atomic mass is 10.1. The van der Waals surface area contributed by atoms with Crippen LogP contribution in [0.1, 0.15) is 23.5 Å². The first kappa shape index (κ1) is 12.1. The maximum atomic E-state index is 9.76. The molecule has 0 saturated carbocycles. The topological polar surface area (TPSA) is 23.5 Å². The third kappa shape index (κ3) is 2.87. The molecule has 0 amide bonds. The summed E-state index contributed by atoms with van der Waals surface area (Å²) >= 11 is 1.76. The minimum Gasteiger partial charge on any atom is -0.389 e. The van der Waals surface area contributed by atoms with Gasteiger partial charge in [0.15, 0.2) is 0 Å². The van der Waals surface area contributed by atoms with E-state index in [1.165, 1.54) is 4.88 Å². The molecule has 2 nitrogen and oxygen atoms in total. The van der Waals surface area contributed by atoms with Crippen molar-refractivity contribution in [3.05, 3.63) is 52.2 Å². The number of hydrogen-bond acceptors (Lipinski definition) is 3. The van der Waals surface area contributed by atoms with Crippen LogP contribution in [0.25, 0.3) is 0 Å². The minimum atomic E-state index is -0.433. The molecule has 90 valence electrons. The van der Waals surface area contributed by atoms with E-state index < -0.39 is 6.10 Å². The van der Waals surface area contributed by atoms with Crippen LogP contribution in [-0.2, 0) is 6.54 Å². The number of nitrogens with zero attached hydrogens (tertiary/aromatic N) is 1. The number of aliphatic hydroxyl groups excluding tert-OH is 1. The highest BCUT2D eigenvalue weighted by Gasteiger charge is 2.11. The Hall–Kier alpha value is -1.32. The molecule has 2 aromatic rings. The van der Waals surface area contributed by atoms with Crippen LogP contribution in [0.2, 0.25) is 0 Å². The van der Waals surface area contributed by atoms with E-state index in [2.05, 4.69) is 35.5 Å². The van der Waals surface area contributed by atoms with Crippen LogP contribution in [0.5, 0.6) is 0 Å². The summed E-state index contributed by atoms with van der Waals surface area (Å²) < 4.78 is 0. The number of para-hydroxylation sites is 1. The predicted molar refractivity (Wildman–Crippen MR) is 73.5 cm³/mol. The molecule has 0 radical (unpaired) electrons. The van der Waals surface area contributed by atoms with Crippen molar-refractivity contribution in [1.82, 2.24) is 0 Å². The lowest BCUT2D eigenvalue weighted by Crippen LogP contribution is -2.17. The highest BCUT2D eigenvalue weighted by Crippen LogP contribution is 2.26. The zero-order valence-corrected chi connectivity index (χ0v) is 10.9. The normalized spacial score (nSPS) is 12.4. The van der Waals surface area contributed by atoms with Crippen LogP contribution in [-0.4, -0.2) is 12.2 Å². The average Bonchev–Trinajstić information content (AvgIpc) is 2.81. The number of hydrogen-bond donors (Lipinski definition) is 1. The first-order valence-corrected chi connectivity index (χ1v) is 6.57. The average molecular weight is 247 g/mol. The Morgan fingerprint density at radius 1 is 1.24 bits per heavy atom. The van der Waals surface area contributed by atoms with Gasteiger partial charge in [-0.2, -0.15) is 0 Å². The summed E-state index contributed by atoms with van der Waals surface area (Å²) in [7, 11) is 2.06. The van der Waals surface area contributed by atoms with Gasteiger partial charge in [-0.25, -0.2) is 0 Å². The Morgan fingerprint density at radius 2 is 2.00 bits per heavy atom. The lowest BCUT2D eigenvalue weighted by molar-refractivity contribution is 0.199. The smallest absolute Gasteiger partial charge is 0.0781 e. The molecule has 0 bridgehead atoms. The first-order chi connectivity index (χ1) is 8.18. The number of anilines is 1. The fourth-order valence-electron chi connectivity index (χ4n) is 1.91. The molecule has 0 aliphatic rings. The quantitative estimate of drug-likeness (QED) is 0.894. The third-order valence-electron chi connectivity index (χ3n) is 2.77. The Morgan fingerprint density at radius 3 is 2.65 bits per heavy atom. The molecule has 17 heavy (non-hydrogen) atoms. The summed E-state index contributed by atoms with van der Waals surface area (Å²) in [6.07, 6.45) is -0.433. The van der Waals surface area contributed by atoms with Crippen LogP contribution in [0.15, 0.2) is 41.8 Å². The van der Waals surface area contributed by atoms with E-state index in [9.17, 15) is 5.11 Å². The molecule has 3 heteroatoms. The Kier molecular flexibility index (Phi) is 3.82. The second-order valence-electron chi connectivity index (χ2n) is 4.17. The fraction of sp³-hybridized carbons (Fsp3) is 0.286. The Balaban J connectivity index is 2.21. The van der Waals surface area contributed by atoms with Crippen molar-refractivity contribution in [2.45, 2.75) is 19.6 Å². The molecule has 1 aromatic heterocycles. The van der Waals surface area contributed by atoms with Gasteiger partial charge in [-0.05, 0) is 24.4 Å². The van der Waals surface area contributed by atoms with E-state index in [-0.39, 0.29) is 0 Å². The molecular weight excluding hydrogens is 230 g/mol. The van der Waals surface area contributed by atoms with Gasteiger partial charge in [-0.1, -0.05) is 24.3 Å². The predicted octanol–water partition coefficient (Wildman–Crippen LogP) is 3.44. The second-order valence-corrected chi connectivity index (χ2v) is 5.20. The molecule has 0 saturated heterocycles. The minimum absolute atomic E-state index is 0.433. The molecule has 0 fully saturated rings. The molecule has 1 atom stereocenters. The van der Waals surface area contributed by atoms with E-state index in [4.69, 9.17) is 0 Å². The van der Waals surface area contributed by atoms with E-state index in [0.717, 1.165) is 17.8 Å². The van der Waals surface area contributed by atoms with Gasteiger partial charge >= 0.3 is 0 Å². The van der Waals surface area contributed by atoms with Gasteiger partial charge < -0.3 is 10.0 Å². The Bertz CT molecular complexity index is 465. The highest BCUT2D eigenvalue weighted by atomic mass is 32.1. The van der Waals surface area contributed by atoms with Crippen molar-refractivity contribution in [3.8, 4) is 0 Å². The molecule has 2 rings (SSSR count). The van der Waals surface area contributed by atoms with Crippen LogP contribution in [0.3, 0.4) is 0 Å². The molecule has 1 N–H and O–H groups in total. The fourth-order valence-corrected chi connectivity index (χ4v) is 2.67. The maximum Gasteiger partial charge on any atom is 0.0781 e. The van der Waals surface area contributed by atoms with Crippen molar-refractivity contribution >= 4 is 17.0 Å².